The average Bonchev–Trinajstić information content (AvgIpc) is 3.02. The predicted octanol–water partition coefficient (Wildman–Crippen LogP) is 6.26. The molecule has 9 heteroatoms. The normalized spacial score (nSPS) is 12.0. The van der Waals surface area contributed by atoms with E-state index in [4.69, 9.17) is 11.6 Å². The average molecular weight is 632 g/mol. The van der Waals surface area contributed by atoms with Gasteiger partial charge in [-0.05, 0) is 53.8 Å². The fourth-order valence-electron chi connectivity index (χ4n) is 4.83. The number of rotatable bonds is 13. The third kappa shape index (κ3) is 8.27. The Kier molecular flexibility index (Phi) is 11.2. The molecule has 4 aromatic carbocycles. The second-order valence-corrected chi connectivity index (χ2v) is 13.3. The number of hydrogen-bond donors (Lipinski definition) is 1. The van der Waals surface area contributed by atoms with Crippen LogP contribution in [0.1, 0.15) is 30.5 Å². The first-order chi connectivity index (χ1) is 21.1. The lowest BCUT2D eigenvalue weighted by Crippen LogP contribution is -2.53. The minimum absolute atomic E-state index is 0.0219. The highest BCUT2D eigenvalue weighted by Gasteiger charge is 2.35. The lowest BCUT2D eigenvalue weighted by molar-refractivity contribution is -0.140. The van der Waals surface area contributed by atoms with Crippen molar-refractivity contribution >= 4 is 39.1 Å². The van der Waals surface area contributed by atoms with Gasteiger partial charge in [0.05, 0.1) is 15.6 Å². The number of benzene rings is 4. The minimum atomic E-state index is -4.21. The molecule has 230 valence electrons. The van der Waals surface area contributed by atoms with Crippen LogP contribution >= 0.6 is 11.6 Å². The van der Waals surface area contributed by atoms with E-state index in [-0.39, 0.29) is 40.4 Å². The third-order valence-corrected chi connectivity index (χ3v) is 9.38. The van der Waals surface area contributed by atoms with E-state index in [1.807, 2.05) is 75.4 Å². The Morgan fingerprint density at radius 1 is 0.818 bits per heavy atom. The van der Waals surface area contributed by atoms with Gasteiger partial charge in [0, 0.05) is 19.5 Å². The van der Waals surface area contributed by atoms with Gasteiger partial charge >= 0.3 is 0 Å². The van der Waals surface area contributed by atoms with E-state index in [1.54, 1.807) is 42.5 Å². The van der Waals surface area contributed by atoms with Crippen LogP contribution in [0.5, 0.6) is 0 Å². The first-order valence-corrected chi connectivity index (χ1v) is 16.4. The van der Waals surface area contributed by atoms with Crippen LogP contribution in [0.3, 0.4) is 0 Å². The summed E-state index contributed by atoms with van der Waals surface area (Å²) in [6.45, 7) is 5.93. The van der Waals surface area contributed by atoms with Crippen LogP contribution < -0.4 is 9.62 Å². The minimum Gasteiger partial charge on any atom is -0.354 e. The van der Waals surface area contributed by atoms with Gasteiger partial charge in [0.15, 0.2) is 0 Å². The molecule has 0 aliphatic carbocycles. The first kappa shape index (κ1) is 32.8. The van der Waals surface area contributed by atoms with Crippen LogP contribution in [-0.4, -0.2) is 44.3 Å². The maximum Gasteiger partial charge on any atom is 0.264 e. The monoisotopic (exact) mass is 631 g/mol. The van der Waals surface area contributed by atoms with E-state index >= 15 is 0 Å². The van der Waals surface area contributed by atoms with E-state index < -0.39 is 28.5 Å². The molecular formula is C35H38ClN3O4S. The van der Waals surface area contributed by atoms with Crippen molar-refractivity contribution < 1.29 is 18.0 Å². The number of hydrogen-bond acceptors (Lipinski definition) is 4. The molecule has 0 fully saturated rings. The molecule has 1 N–H and O–H groups in total. The summed E-state index contributed by atoms with van der Waals surface area (Å²) in [6, 6.07) is 30.7. The Hall–Kier alpha value is -4.14. The molecular weight excluding hydrogens is 594 g/mol. The van der Waals surface area contributed by atoms with Crippen molar-refractivity contribution in [1.82, 2.24) is 10.2 Å². The Balaban J connectivity index is 1.81. The van der Waals surface area contributed by atoms with Crippen LogP contribution in [0.2, 0.25) is 5.02 Å². The first-order valence-electron chi connectivity index (χ1n) is 14.6. The zero-order valence-corrected chi connectivity index (χ0v) is 26.8. The fraction of sp³-hybridized carbons (Fsp3) is 0.257. The lowest BCUT2D eigenvalue weighted by atomic mass is 10.0. The number of sulfonamides is 1. The molecule has 0 bridgehead atoms. The number of amides is 2. The highest BCUT2D eigenvalue weighted by molar-refractivity contribution is 7.92. The molecule has 0 radical (unpaired) electrons. The predicted molar refractivity (Wildman–Crippen MR) is 176 cm³/mol. The van der Waals surface area contributed by atoms with E-state index in [9.17, 15) is 18.0 Å². The van der Waals surface area contributed by atoms with Crippen LogP contribution in [0, 0.1) is 12.8 Å². The highest BCUT2D eigenvalue weighted by Crippen LogP contribution is 2.31. The maximum absolute atomic E-state index is 14.5. The Labute approximate surface area is 265 Å². The van der Waals surface area contributed by atoms with E-state index in [2.05, 4.69) is 5.32 Å². The number of nitrogens with zero attached hydrogens (tertiary/aromatic N) is 2. The summed E-state index contributed by atoms with van der Waals surface area (Å²) in [7, 11) is -4.21. The number of halogens is 1. The number of carbonyl (C=O) groups excluding carboxylic acids is 2. The molecule has 4 aromatic rings. The highest BCUT2D eigenvalue weighted by atomic mass is 35.5. The molecule has 0 saturated heterocycles. The second kappa shape index (κ2) is 15.0. The van der Waals surface area contributed by atoms with Gasteiger partial charge in [-0.1, -0.05) is 110 Å². The lowest BCUT2D eigenvalue weighted by Gasteiger charge is -2.34. The van der Waals surface area contributed by atoms with Gasteiger partial charge < -0.3 is 10.2 Å². The molecule has 0 aliphatic heterocycles. The second-order valence-electron chi connectivity index (χ2n) is 11.1. The molecule has 1 unspecified atom stereocenters. The summed E-state index contributed by atoms with van der Waals surface area (Å²) >= 11 is 6.52. The Morgan fingerprint density at radius 2 is 1.41 bits per heavy atom. The van der Waals surface area contributed by atoms with Gasteiger partial charge in [0.2, 0.25) is 11.8 Å². The van der Waals surface area contributed by atoms with Crippen LogP contribution in [0.4, 0.5) is 5.69 Å². The number of aryl methyl sites for hydroxylation is 1. The van der Waals surface area contributed by atoms with Crippen molar-refractivity contribution in [3.63, 3.8) is 0 Å². The summed E-state index contributed by atoms with van der Waals surface area (Å²) in [4.78, 5) is 29.9. The van der Waals surface area contributed by atoms with Gasteiger partial charge in [0.25, 0.3) is 10.0 Å². The summed E-state index contributed by atoms with van der Waals surface area (Å²) in [6.07, 6.45) is 0.250. The quantitative estimate of drug-likeness (QED) is 0.189. The standard InChI is InChI=1S/C35H38ClN3O4S/c1-26(2)23-37-35(41)33(22-28-15-6-4-7-16-28)38(24-29-17-11-10-14-27(29)3)34(40)25-39(32-21-13-12-20-31(32)36)44(42,43)30-18-8-5-9-19-30/h4-21,26,33H,22-25H2,1-3H3,(H,37,41). The molecule has 0 aromatic heterocycles. The Morgan fingerprint density at radius 3 is 2.05 bits per heavy atom. The van der Waals surface area contributed by atoms with Gasteiger partial charge in [-0.25, -0.2) is 8.42 Å². The molecule has 7 nitrogen and oxygen atoms in total. The zero-order valence-electron chi connectivity index (χ0n) is 25.2. The van der Waals surface area contributed by atoms with E-state index in [1.165, 1.54) is 17.0 Å². The number of anilines is 1. The molecule has 2 amide bonds. The molecule has 4 rings (SSSR count). The Bertz CT molecular complexity index is 1660. The van der Waals surface area contributed by atoms with E-state index in [0.29, 0.717) is 6.54 Å². The topological polar surface area (TPSA) is 86.8 Å². The SMILES string of the molecule is Cc1ccccc1CN(C(=O)CN(c1ccccc1Cl)S(=O)(=O)c1ccccc1)C(Cc1ccccc1)C(=O)NCC(C)C. The molecule has 0 saturated carbocycles. The largest absolute Gasteiger partial charge is 0.354 e. The molecule has 0 aliphatic rings. The molecule has 0 spiro atoms. The van der Waals surface area contributed by atoms with Crippen LogP contribution in [0.15, 0.2) is 114 Å². The number of carbonyl (C=O) groups is 2. The summed E-state index contributed by atoms with van der Waals surface area (Å²) in [5, 5.41) is 3.18. The summed E-state index contributed by atoms with van der Waals surface area (Å²) < 4.78 is 29.1. The summed E-state index contributed by atoms with van der Waals surface area (Å²) in [5.41, 5.74) is 2.85. The van der Waals surface area contributed by atoms with Crippen molar-refractivity contribution in [2.75, 3.05) is 17.4 Å². The zero-order chi connectivity index (χ0) is 31.7. The van der Waals surface area contributed by atoms with Gasteiger partial charge in [-0.2, -0.15) is 0 Å². The summed E-state index contributed by atoms with van der Waals surface area (Å²) in [5.74, 6) is -0.642. The van der Waals surface area contributed by atoms with Crippen molar-refractivity contribution in [2.24, 2.45) is 5.92 Å². The van der Waals surface area contributed by atoms with Crippen molar-refractivity contribution in [1.29, 1.82) is 0 Å². The van der Waals surface area contributed by atoms with Gasteiger partial charge in [-0.3, -0.25) is 13.9 Å². The van der Waals surface area contributed by atoms with Crippen LogP contribution in [0.25, 0.3) is 0 Å². The fourth-order valence-corrected chi connectivity index (χ4v) is 6.58. The van der Waals surface area contributed by atoms with Crippen molar-refractivity contribution in [2.45, 2.75) is 44.7 Å². The maximum atomic E-state index is 14.5. The molecule has 1 atom stereocenters. The third-order valence-electron chi connectivity index (χ3n) is 7.29. The smallest absolute Gasteiger partial charge is 0.264 e. The van der Waals surface area contributed by atoms with Gasteiger partial charge in [0.1, 0.15) is 12.6 Å². The van der Waals surface area contributed by atoms with Crippen molar-refractivity contribution in [3.8, 4) is 0 Å². The molecule has 44 heavy (non-hydrogen) atoms. The van der Waals surface area contributed by atoms with E-state index in [0.717, 1.165) is 21.0 Å². The number of nitrogens with one attached hydrogen (secondary N) is 1. The molecule has 0 heterocycles. The number of para-hydroxylation sites is 1. The van der Waals surface area contributed by atoms with Crippen LogP contribution in [-0.2, 0) is 32.6 Å². The van der Waals surface area contributed by atoms with Crippen molar-refractivity contribution in [3.05, 3.63) is 131 Å². The van der Waals surface area contributed by atoms with Gasteiger partial charge in [-0.15, -0.1) is 0 Å².